The van der Waals surface area contributed by atoms with E-state index < -0.39 is 0 Å². The molecule has 4 aliphatic carbocycles. The fraction of sp³-hybridized carbons (Fsp3) is 0.611. The van der Waals surface area contributed by atoms with Gasteiger partial charge in [0.2, 0.25) is 5.91 Å². The molecule has 5 rings (SSSR count). The predicted molar refractivity (Wildman–Crippen MR) is 94.0 cm³/mol. The zero-order valence-corrected chi connectivity index (χ0v) is 14.6. The fourth-order valence-electron chi connectivity index (χ4n) is 5.40. The Morgan fingerprint density at radius 2 is 1.57 bits per heavy atom. The van der Waals surface area contributed by atoms with Crippen LogP contribution in [0.5, 0.6) is 0 Å². The minimum Gasteiger partial charge on any atom is -0.322 e. The molecule has 2 N–H and O–H groups in total. The summed E-state index contributed by atoms with van der Waals surface area (Å²) in [5.41, 5.74) is 0.698. The third-order valence-corrected chi connectivity index (χ3v) is 6.52. The predicted octanol–water partition coefficient (Wildman–Crippen LogP) is 4.49. The van der Waals surface area contributed by atoms with Crippen molar-refractivity contribution in [3.63, 3.8) is 0 Å². The van der Waals surface area contributed by atoms with Crippen LogP contribution in [-0.4, -0.2) is 18.0 Å². The molecule has 3 nitrogen and oxygen atoms in total. The fourth-order valence-corrected chi connectivity index (χ4v) is 5.89. The quantitative estimate of drug-likeness (QED) is 0.837. The molecule has 0 spiro atoms. The van der Waals surface area contributed by atoms with Crippen molar-refractivity contribution >= 4 is 34.8 Å². The number of nitrogens with one attached hydrogen (secondary N) is 2. The molecule has 0 saturated heterocycles. The number of hydrogen-bond donors (Lipinski definition) is 2. The molecule has 4 aliphatic rings. The lowest BCUT2D eigenvalue weighted by Gasteiger charge is -2.57. The number of para-hydroxylation sites is 1. The maximum atomic E-state index is 12.3. The van der Waals surface area contributed by atoms with Gasteiger partial charge in [-0.05, 0) is 68.4 Å². The van der Waals surface area contributed by atoms with E-state index in [1.165, 1.54) is 38.5 Å². The number of hydrogen-bond acceptors (Lipinski definition) is 2. The van der Waals surface area contributed by atoms with Crippen molar-refractivity contribution in [3.8, 4) is 0 Å². The third kappa shape index (κ3) is 3.11. The molecule has 0 unspecified atom stereocenters. The first-order valence-electron chi connectivity index (χ1n) is 8.52. The SMILES string of the molecule is O=C(CNC12CC3CC(CC(C3)C1)C2)Nc1c(Cl)cccc1Cl. The summed E-state index contributed by atoms with van der Waals surface area (Å²) in [5, 5.41) is 7.38. The van der Waals surface area contributed by atoms with Gasteiger partial charge in [-0.3, -0.25) is 4.79 Å². The molecule has 0 radical (unpaired) electrons. The highest BCUT2D eigenvalue weighted by atomic mass is 35.5. The summed E-state index contributed by atoms with van der Waals surface area (Å²) in [6.07, 6.45) is 7.92. The average Bonchev–Trinajstić information content (AvgIpc) is 2.48. The first-order chi connectivity index (χ1) is 11.0. The Labute approximate surface area is 147 Å². The van der Waals surface area contributed by atoms with Crippen LogP contribution in [0.15, 0.2) is 18.2 Å². The minimum atomic E-state index is -0.0734. The maximum Gasteiger partial charge on any atom is 0.238 e. The second-order valence-electron chi connectivity index (χ2n) is 7.70. The molecule has 5 heteroatoms. The standard InChI is InChI=1S/C18H22Cl2N2O/c19-14-2-1-3-15(20)17(14)22-16(23)10-21-18-7-11-4-12(8-18)6-13(5-11)9-18/h1-3,11-13,21H,4-10H2,(H,22,23). The van der Waals surface area contributed by atoms with E-state index in [2.05, 4.69) is 10.6 Å². The van der Waals surface area contributed by atoms with E-state index in [0.29, 0.717) is 22.3 Å². The Morgan fingerprint density at radius 1 is 1.04 bits per heavy atom. The Hall–Kier alpha value is -0.770. The first kappa shape index (κ1) is 15.7. The number of anilines is 1. The summed E-state index contributed by atoms with van der Waals surface area (Å²) in [4.78, 5) is 12.3. The highest BCUT2D eigenvalue weighted by molar-refractivity contribution is 6.39. The van der Waals surface area contributed by atoms with Gasteiger partial charge in [0.25, 0.3) is 0 Å². The molecule has 1 aromatic rings. The van der Waals surface area contributed by atoms with Crippen molar-refractivity contribution in [1.29, 1.82) is 0 Å². The van der Waals surface area contributed by atoms with Crippen LogP contribution in [0.4, 0.5) is 5.69 Å². The second-order valence-corrected chi connectivity index (χ2v) is 8.51. The first-order valence-corrected chi connectivity index (χ1v) is 9.27. The number of benzene rings is 1. The van der Waals surface area contributed by atoms with E-state index >= 15 is 0 Å². The zero-order chi connectivity index (χ0) is 16.0. The van der Waals surface area contributed by atoms with Crippen LogP contribution in [0.1, 0.15) is 38.5 Å². The van der Waals surface area contributed by atoms with Crippen LogP contribution in [0, 0.1) is 17.8 Å². The number of carbonyl (C=O) groups excluding carboxylic acids is 1. The van der Waals surface area contributed by atoms with Crippen molar-refractivity contribution < 1.29 is 4.79 Å². The Kier molecular flexibility index (Phi) is 4.07. The van der Waals surface area contributed by atoms with E-state index in [9.17, 15) is 4.79 Å². The Bertz CT molecular complexity index is 576. The number of rotatable bonds is 4. The molecule has 4 fully saturated rings. The Balaban J connectivity index is 1.39. The molecule has 23 heavy (non-hydrogen) atoms. The van der Waals surface area contributed by atoms with Gasteiger partial charge in [-0.25, -0.2) is 0 Å². The van der Waals surface area contributed by atoms with Gasteiger partial charge in [-0.2, -0.15) is 0 Å². The summed E-state index contributed by atoms with van der Waals surface area (Å²) < 4.78 is 0. The van der Waals surface area contributed by atoms with Gasteiger partial charge in [0, 0.05) is 5.54 Å². The molecular formula is C18H22Cl2N2O. The van der Waals surface area contributed by atoms with Gasteiger partial charge in [-0.15, -0.1) is 0 Å². The van der Waals surface area contributed by atoms with Gasteiger partial charge in [-0.1, -0.05) is 29.3 Å². The number of amides is 1. The molecular weight excluding hydrogens is 331 g/mol. The summed E-state index contributed by atoms with van der Waals surface area (Å²) in [7, 11) is 0. The zero-order valence-electron chi connectivity index (χ0n) is 13.1. The largest absolute Gasteiger partial charge is 0.322 e. The third-order valence-electron chi connectivity index (χ3n) is 5.89. The molecule has 1 amide bonds. The van der Waals surface area contributed by atoms with Crippen molar-refractivity contribution in [1.82, 2.24) is 5.32 Å². The van der Waals surface area contributed by atoms with E-state index in [1.54, 1.807) is 18.2 Å². The molecule has 0 heterocycles. The summed E-state index contributed by atoms with van der Waals surface area (Å²) in [5.74, 6) is 2.54. The molecule has 0 atom stereocenters. The van der Waals surface area contributed by atoms with Gasteiger partial charge in [0.05, 0.1) is 22.3 Å². The average molecular weight is 353 g/mol. The van der Waals surface area contributed by atoms with Crippen LogP contribution in [0.3, 0.4) is 0 Å². The lowest BCUT2D eigenvalue weighted by molar-refractivity contribution is -0.116. The van der Waals surface area contributed by atoms with E-state index in [0.717, 1.165) is 17.8 Å². The number of carbonyl (C=O) groups is 1. The van der Waals surface area contributed by atoms with Crippen molar-refractivity contribution in [2.45, 2.75) is 44.1 Å². The summed E-state index contributed by atoms with van der Waals surface area (Å²) in [6.45, 7) is 0.327. The van der Waals surface area contributed by atoms with Crippen LogP contribution in [-0.2, 0) is 4.79 Å². The lowest BCUT2D eigenvalue weighted by atomic mass is 9.53. The topological polar surface area (TPSA) is 41.1 Å². The van der Waals surface area contributed by atoms with Crippen molar-refractivity contribution in [2.24, 2.45) is 17.8 Å². The molecule has 124 valence electrons. The molecule has 0 aliphatic heterocycles. The highest BCUT2D eigenvalue weighted by Crippen LogP contribution is 2.55. The molecule has 4 bridgehead atoms. The normalized spacial score (nSPS) is 34.6. The van der Waals surface area contributed by atoms with Crippen molar-refractivity contribution in [2.75, 3.05) is 11.9 Å². The smallest absolute Gasteiger partial charge is 0.238 e. The van der Waals surface area contributed by atoms with Gasteiger partial charge >= 0.3 is 0 Å². The molecule has 0 aromatic heterocycles. The summed E-state index contributed by atoms with van der Waals surface area (Å²) >= 11 is 12.2. The Morgan fingerprint density at radius 3 is 2.09 bits per heavy atom. The maximum absolute atomic E-state index is 12.3. The summed E-state index contributed by atoms with van der Waals surface area (Å²) in [6, 6.07) is 5.24. The number of halogens is 2. The van der Waals surface area contributed by atoms with Gasteiger partial charge in [0.15, 0.2) is 0 Å². The van der Waals surface area contributed by atoms with E-state index in [1.807, 2.05) is 0 Å². The van der Waals surface area contributed by atoms with Crippen LogP contribution in [0.25, 0.3) is 0 Å². The van der Waals surface area contributed by atoms with Crippen molar-refractivity contribution in [3.05, 3.63) is 28.2 Å². The van der Waals surface area contributed by atoms with E-state index in [-0.39, 0.29) is 11.4 Å². The second kappa shape index (κ2) is 5.94. The van der Waals surface area contributed by atoms with E-state index in [4.69, 9.17) is 23.2 Å². The van der Waals surface area contributed by atoms with Crippen LogP contribution >= 0.6 is 23.2 Å². The van der Waals surface area contributed by atoms with Gasteiger partial charge in [0.1, 0.15) is 0 Å². The highest BCUT2D eigenvalue weighted by Gasteiger charge is 2.50. The molecule has 1 aromatic carbocycles. The minimum absolute atomic E-state index is 0.0734. The van der Waals surface area contributed by atoms with Crippen LogP contribution in [0.2, 0.25) is 10.0 Å². The monoisotopic (exact) mass is 352 g/mol. The van der Waals surface area contributed by atoms with Crippen LogP contribution < -0.4 is 10.6 Å². The molecule has 4 saturated carbocycles. The van der Waals surface area contributed by atoms with Gasteiger partial charge < -0.3 is 10.6 Å². The lowest BCUT2D eigenvalue weighted by Crippen LogP contribution is -2.59.